The van der Waals surface area contributed by atoms with E-state index in [0.29, 0.717) is 5.92 Å². The zero-order chi connectivity index (χ0) is 11.8. The van der Waals surface area contributed by atoms with E-state index in [9.17, 15) is 8.42 Å². The highest BCUT2D eigenvalue weighted by molar-refractivity contribution is 9.10. The topological polar surface area (TPSA) is 43.4 Å². The van der Waals surface area contributed by atoms with Crippen LogP contribution in [-0.4, -0.2) is 14.7 Å². The second-order valence-electron chi connectivity index (χ2n) is 4.11. The summed E-state index contributed by atoms with van der Waals surface area (Å²) in [6, 6.07) is 7.60. The van der Waals surface area contributed by atoms with Crippen LogP contribution in [0.15, 0.2) is 28.7 Å². The highest BCUT2D eigenvalue weighted by Gasteiger charge is 2.35. The SMILES string of the molecule is CS(=O)(=O)OC(c1ccc(Br)cc1)C1CC1. The Morgan fingerprint density at radius 1 is 1.31 bits per heavy atom. The molecule has 1 atom stereocenters. The first-order chi connectivity index (χ1) is 7.46. The van der Waals surface area contributed by atoms with Crippen molar-refractivity contribution in [1.82, 2.24) is 0 Å². The predicted octanol–water partition coefficient (Wildman–Crippen LogP) is 2.88. The largest absolute Gasteiger partial charge is 0.264 e. The van der Waals surface area contributed by atoms with E-state index in [-0.39, 0.29) is 6.10 Å². The number of hydrogen-bond donors (Lipinski definition) is 0. The van der Waals surface area contributed by atoms with Crippen LogP contribution >= 0.6 is 15.9 Å². The summed E-state index contributed by atoms with van der Waals surface area (Å²) in [6.45, 7) is 0. The minimum absolute atomic E-state index is 0.317. The van der Waals surface area contributed by atoms with Gasteiger partial charge in [-0.2, -0.15) is 8.42 Å². The van der Waals surface area contributed by atoms with E-state index in [1.54, 1.807) is 0 Å². The lowest BCUT2D eigenvalue weighted by Crippen LogP contribution is -2.12. The van der Waals surface area contributed by atoms with Crippen LogP contribution in [-0.2, 0) is 14.3 Å². The molecule has 3 nitrogen and oxygen atoms in total. The third-order valence-corrected chi connectivity index (χ3v) is 3.61. The van der Waals surface area contributed by atoms with Gasteiger partial charge >= 0.3 is 0 Å². The first-order valence-electron chi connectivity index (χ1n) is 5.09. The summed E-state index contributed by atoms with van der Waals surface area (Å²) in [5, 5.41) is 0. The fourth-order valence-corrected chi connectivity index (χ4v) is 2.56. The molecule has 0 spiro atoms. The third kappa shape index (κ3) is 3.30. The van der Waals surface area contributed by atoms with Crippen LogP contribution < -0.4 is 0 Å². The Morgan fingerprint density at radius 3 is 2.31 bits per heavy atom. The molecule has 5 heteroatoms. The minimum atomic E-state index is -3.40. The Bertz CT molecular complexity index is 463. The fourth-order valence-electron chi connectivity index (χ4n) is 1.65. The number of rotatable bonds is 4. The lowest BCUT2D eigenvalue weighted by Gasteiger charge is -2.15. The molecule has 0 amide bonds. The minimum Gasteiger partial charge on any atom is -0.262 e. The second kappa shape index (κ2) is 4.47. The maximum absolute atomic E-state index is 11.2. The zero-order valence-corrected chi connectivity index (χ0v) is 11.3. The Morgan fingerprint density at radius 2 is 1.88 bits per heavy atom. The maximum Gasteiger partial charge on any atom is 0.264 e. The monoisotopic (exact) mass is 304 g/mol. The van der Waals surface area contributed by atoms with Gasteiger partial charge in [-0.15, -0.1) is 0 Å². The van der Waals surface area contributed by atoms with Crippen LogP contribution in [0.25, 0.3) is 0 Å². The van der Waals surface area contributed by atoms with Crippen molar-refractivity contribution < 1.29 is 12.6 Å². The average Bonchev–Trinajstić information content (AvgIpc) is 2.97. The summed E-state index contributed by atoms with van der Waals surface area (Å²) in [7, 11) is -3.40. The number of halogens is 1. The summed E-state index contributed by atoms with van der Waals surface area (Å²) in [4.78, 5) is 0. The molecular formula is C11H13BrO3S. The van der Waals surface area contributed by atoms with E-state index in [1.165, 1.54) is 0 Å². The third-order valence-electron chi connectivity index (χ3n) is 2.53. The van der Waals surface area contributed by atoms with Gasteiger partial charge in [-0.3, -0.25) is 4.18 Å². The van der Waals surface area contributed by atoms with Crippen molar-refractivity contribution in [1.29, 1.82) is 0 Å². The van der Waals surface area contributed by atoms with Gasteiger partial charge in [0.15, 0.2) is 0 Å². The quantitative estimate of drug-likeness (QED) is 0.803. The van der Waals surface area contributed by atoms with Gasteiger partial charge in [0.1, 0.15) is 6.10 Å². The Labute approximate surface area is 104 Å². The number of hydrogen-bond acceptors (Lipinski definition) is 3. The normalized spacial score (nSPS) is 18.4. The summed E-state index contributed by atoms with van der Waals surface area (Å²) < 4.78 is 28.5. The molecular weight excluding hydrogens is 292 g/mol. The predicted molar refractivity (Wildman–Crippen MR) is 65.5 cm³/mol. The average molecular weight is 305 g/mol. The lowest BCUT2D eigenvalue weighted by molar-refractivity contribution is 0.191. The molecule has 1 aliphatic carbocycles. The fraction of sp³-hybridized carbons (Fsp3) is 0.455. The van der Waals surface area contributed by atoms with Crippen LogP contribution in [0, 0.1) is 5.92 Å². The van der Waals surface area contributed by atoms with Crippen LogP contribution in [0.2, 0.25) is 0 Å². The van der Waals surface area contributed by atoms with Gasteiger partial charge in [-0.25, -0.2) is 0 Å². The summed E-state index contributed by atoms with van der Waals surface area (Å²) in [6.07, 6.45) is 2.86. The van der Waals surface area contributed by atoms with Gasteiger partial charge < -0.3 is 0 Å². The standard InChI is InChI=1S/C11H13BrO3S/c1-16(13,14)15-11(8-2-3-8)9-4-6-10(12)7-5-9/h4-8,11H,2-3H2,1H3. The molecule has 0 N–H and O–H groups in total. The molecule has 0 radical (unpaired) electrons. The van der Waals surface area contributed by atoms with Crippen LogP contribution in [0.1, 0.15) is 24.5 Å². The van der Waals surface area contributed by atoms with E-state index in [4.69, 9.17) is 4.18 Å². The van der Waals surface area contributed by atoms with E-state index in [0.717, 1.165) is 29.1 Å². The molecule has 0 heterocycles. The first-order valence-corrected chi connectivity index (χ1v) is 7.70. The van der Waals surface area contributed by atoms with E-state index in [2.05, 4.69) is 15.9 Å². The highest BCUT2D eigenvalue weighted by Crippen LogP contribution is 2.44. The lowest BCUT2D eigenvalue weighted by atomic mass is 10.1. The van der Waals surface area contributed by atoms with Crippen LogP contribution in [0.5, 0.6) is 0 Å². The van der Waals surface area contributed by atoms with Crippen molar-refractivity contribution in [3.8, 4) is 0 Å². The first kappa shape index (κ1) is 12.1. The molecule has 0 saturated heterocycles. The van der Waals surface area contributed by atoms with E-state index in [1.807, 2.05) is 24.3 Å². The van der Waals surface area contributed by atoms with Crippen molar-refractivity contribution >= 4 is 26.0 Å². The van der Waals surface area contributed by atoms with Gasteiger partial charge in [-0.05, 0) is 36.5 Å². The Balaban J connectivity index is 2.22. The van der Waals surface area contributed by atoms with E-state index < -0.39 is 10.1 Å². The highest BCUT2D eigenvalue weighted by atomic mass is 79.9. The molecule has 1 unspecified atom stereocenters. The Kier molecular flexibility index (Phi) is 3.37. The van der Waals surface area contributed by atoms with Crippen molar-refractivity contribution in [2.24, 2.45) is 5.92 Å². The molecule has 0 bridgehead atoms. The molecule has 0 aromatic heterocycles. The summed E-state index contributed by atoms with van der Waals surface area (Å²) in [5.41, 5.74) is 0.927. The zero-order valence-electron chi connectivity index (χ0n) is 8.89. The molecule has 1 saturated carbocycles. The number of benzene rings is 1. The Hall–Kier alpha value is -0.390. The van der Waals surface area contributed by atoms with Gasteiger partial charge in [0.25, 0.3) is 10.1 Å². The molecule has 1 aromatic carbocycles. The molecule has 1 aromatic rings. The van der Waals surface area contributed by atoms with Crippen molar-refractivity contribution in [2.45, 2.75) is 18.9 Å². The molecule has 16 heavy (non-hydrogen) atoms. The molecule has 2 rings (SSSR count). The smallest absolute Gasteiger partial charge is 0.262 e. The van der Waals surface area contributed by atoms with Crippen molar-refractivity contribution in [2.75, 3.05) is 6.26 Å². The molecule has 1 aliphatic rings. The molecule has 88 valence electrons. The molecule has 1 fully saturated rings. The van der Waals surface area contributed by atoms with Gasteiger partial charge in [-0.1, -0.05) is 28.1 Å². The van der Waals surface area contributed by atoms with Crippen LogP contribution in [0.4, 0.5) is 0 Å². The van der Waals surface area contributed by atoms with Gasteiger partial charge in [0.05, 0.1) is 6.26 Å². The second-order valence-corrected chi connectivity index (χ2v) is 6.63. The summed E-state index contributed by atoms with van der Waals surface area (Å²) in [5.74, 6) is 0.343. The van der Waals surface area contributed by atoms with Gasteiger partial charge in [0.2, 0.25) is 0 Å². The van der Waals surface area contributed by atoms with Crippen molar-refractivity contribution in [3.63, 3.8) is 0 Å². The van der Waals surface area contributed by atoms with E-state index >= 15 is 0 Å². The molecule has 0 aliphatic heterocycles. The van der Waals surface area contributed by atoms with Gasteiger partial charge in [0, 0.05) is 4.47 Å². The van der Waals surface area contributed by atoms with Crippen molar-refractivity contribution in [3.05, 3.63) is 34.3 Å². The van der Waals surface area contributed by atoms with Crippen LogP contribution in [0.3, 0.4) is 0 Å². The summed E-state index contributed by atoms with van der Waals surface area (Å²) >= 11 is 3.35. The maximum atomic E-state index is 11.2.